The van der Waals surface area contributed by atoms with E-state index < -0.39 is 0 Å². The molecule has 1 rings (SSSR count). The number of hydrogen-bond donors (Lipinski definition) is 1. The molecule has 15 heavy (non-hydrogen) atoms. The molecule has 0 saturated heterocycles. The highest BCUT2D eigenvalue weighted by Crippen LogP contribution is 2.11. The summed E-state index contributed by atoms with van der Waals surface area (Å²) in [6.45, 7) is 6.08. The lowest BCUT2D eigenvalue weighted by Gasteiger charge is -2.19. The summed E-state index contributed by atoms with van der Waals surface area (Å²) in [7, 11) is 2.08. The normalized spacial score (nSPS) is 10.7. The van der Waals surface area contributed by atoms with Gasteiger partial charge in [-0.25, -0.2) is 4.98 Å². The summed E-state index contributed by atoms with van der Waals surface area (Å²) in [5.74, 6) is 1.75. The Morgan fingerprint density at radius 1 is 1.40 bits per heavy atom. The molecular weight excluding hydrogens is 186 g/mol. The summed E-state index contributed by atoms with van der Waals surface area (Å²) in [5, 5.41) is 0. The van der Waals surface area contributed by atoms with Crippen molar-refractivity contribution in [1.29, 1.82) is 0 Å². The zero-order chi connectivity index (χ0) is 11.3. The second-order valence-corrected chi connectivity index (χ2v) is 4.33. The second kappa shape index (κ2) is 5.71. The summed E-state index contributed by atoms with van der Waals surface area (Å²) in [5.41, 5.74) is 6.60. The van der Waals surface area contributed by atoms with Gasteiger partial charge in [0.05, 0.1) is 0 Å². The van der Waals surface area contributed by atoms with Gasteiger partial charge in [0.15, 0.2) is 0 Å². The third-order valence-electron chi connectivity index (χ3n) is 2.48. The first-order valence-corrected chi connectivity index (χ1v) is 5.49. The number of nitrogens with zero attached hydrogens (tertiary/aromatic N) is 2. The molecule has 84 valence electrons. The summed E-state index contributed by atoms with van der Waals surface area (Å²) in [6.07, 6.45) is 3.04. The lowest BCUT2D eigenvalue weighted by Crippen LogP contribution is -2.20. The van der Waals surface area contributed by atoms with Gasteiger partial charge in [-0.1, -0.05) is 19.9 Å². The molecule has 1 heterocycles. The van der Waals surface area contributed by atoms with Crippen molar-refractivity contribution >= 4 is 5.82 Å². The second-order valence-electron chi connectivity index (χ2n) is 4.33. The Kier molecular flexibility index (Phi) is 4.56. The Hall–Kier alpha value is -1.09. The predicted octanol–water partition coefficient (Wildman–Crippen LogP) is 2.02. The van der Waals surface area contributed by atoms with Crippen LogP contribution >= 0.6 is 0 Å². The molecule has 0 aromatic carbocycles. The average Bonchev–Trinajstić information content (AvgIpc) is 2.26. The zero-order valence-corrected chi connectivity index (χ0v) is 9.90. The van der Waals surface area contributed by atoms with E-state index in [1.807, 2.05) is 18.3 Å². The monoisotopic (exact) mass is 207 g/mol. The van der Waals surface area contributed by atoms with Gasteiger partial charge in [-0.15, -0.1) is 0 Å². The van der Waals surface area contributed by atoms with Crippen LogP contribution in [0.4, 0.5) is 5.82 Å². The fourth-order valence-corrected chi connectivity index (χ4v) is 1.33. The molecule has 0 spiro atoms. The summed E-state index contributed by atoms with van der Waals surface area (Å²) >= 11 is 0. The van der Waals surface area contributed by atoms with E-state index in [0.29, 0.717) is 6.54 Å². The van der Waals surface area contributed by atoms with Crippen LogP contribution in [0, 0.1) is 5.92 Å². The van der Waals surface area contributed by atoms with Gasteiger partial charge in [-0.2, -0.15) is 0 Å². The minimum Gasteiger partial charge on any atom is -0.360 e. The van der Waals surface area contributed by atoms with Crippen molar-refractivity contribution in [2.75, 3.05) is 18.5 Å². The van der Waals surface area contributed by atoms with E-state index in [1.165, 1.54) is 6.42 Å². The van der Waals surface area contributed by atoms with Crippen molar-refractivity contribution in [3.63, 3.8) is 0 Å². The fraction of sp³-hybridized carbons (Fsp3) is 0.583. The van der Waals surface area contributed by atoms with E-state index in [4.69, 9.17) is 5.73 Å². The molecule has 3 heteroatoms. The van der Waals surface area contributed by atoms with Crippen molar-refractivity contribution in [1.82, 2.24) is 4.98 Å². The lowest BCUT2D eigenvalue weighted by atomic mass is 10.1. The first-order chi connectivity index (χ1) is 7.13. The van der Waals surface area contributed by atoms with Crippen molar-refractivity contribution in [2.24, 2.45) is 11.7 Å². The number of aromatic nitrogens is 1. The highest BCUT2D eigenvalue weighted by Gasteiger charge is 2.03. The summed E-state index contributed by atoms with van der Waals surface area (Å²) in [6, 6.07) is 4.07. The van der Waals surface area contributed by atoms with E-state index in [9.17, 15) is 0 Å². The Morgan fingerprint density at radius 3 is 2.60 bits per heavy atom. The van der Waals surface area contributed by atoms with Gasteiger partial charge in [0, 0.05) is 26.3 Å². The van der Waals surface area contributed by atoms with Crippen LogP contribution in [0.2, 0.25) is 0 Å². The molecule has 0 unspecified atom stereocenters. The first kappa shape index (κ1) is 12.0. The largest absolute Gasteiger partial charge is 0.360 e. The number of nitrogens with two attached hydrogens (primary N) is 1. The van der Waals surface area contributed by atoms with Gasteiger partial charge in [0.1, 0.15) is 5.82 Å². The number of hydrogen-bond acceptors (Lipinski definition) is 3. The van der Waals surface area contributed by atoms with E-state index in [1.54, 1.807) is 0 Å². The Morgan fingerprint density at radius 2 is 2.13 bits per heavy atom. The summed E-state index contributed by atoms with van der Waals surface area (Å²) < 4.78 is 0. The van der Waals surface area contributed by atoms with Crippen molar-refractivity contribution in [2.45, 2.75) is 26.8 Å². The number of pyridine rings is 1. The minimum absolute atomic E-state index is 0.559. The molecule has 1 aromatic rings. The first-order valence-electron chi connectivity index (χ1n) is 5.49. The van der Waals surface area contributed by atoms with Crippen molar-refractivity contribution in [3.8, 4) is 0 Å². The molecule has 0 bridgehead atoms. The SMILES string of the molecule is CC(C)CCN(C)c1ccc(CN)cn1. The van der Waals surface area contributed by atoms with E-state index in [2.05, 4.69) is 30.8 Å². The lowest BCUT2D eigenvalue weighted by molar-refractivity contribution is 0.583. The molecule has 0 aliphatic heterocycles. The molecular formula is C12H21N3. The van der Waals surface area contributed by atoms with Crippen LogP contribution < -0.4 is 10.6 Å². The van der Waals surface area contributed by atoms with Crippen LogP contribution in [0.3, 0.4) is 0 Å². The predicted molar refractivity (Wildman–Crippen MR) is 64.9 cm³/mol. The Bertz CT molecular complexity index is 279. The van der Waals surface area contributed by atoms with Crippen LogP contribution in [0.1, 0.15) is 25.8 Å². The summed E-state index contributed by atoms with van der Waals surface area (Å²) in [4.78, 5) is 6.55. The van der Waals surface area contributed by atoms with Crippen LogP contribution in [0.25, 0.3) is 0 Å². The molecule has 1 aromatic heterocycles. The third kappa shape index (κ3) is 3.88. The molecule has 0 saturated carbocycles. The quantitative estimate of drug-likeness (QED) is 0.803. The highest BCUT2D eigenvalue weighted by molar-refractivity contribution is 5.38. The topological polar surface area (TPSA) is 42.1 Å². The van der Waals surface area contributed by atoms with Crippen molar-refractivity contribution in [3.05, 3.63) is 23.9 Å². The van der Waals surface area contributed by atoms with E-state index >= 15 is 0 Å². The van der Waals surface area contributed by atoms with E-state index in [0.717, 1.165) is 23.8 Å². The van der Waals surface area contributed by atoms with Gasteiger partial charge in [0.2, 0.25) is 0 Å². The zero-order valence-electron chi connectivity index (χ0n) is 9.90. The molecule has 0 aliphatic carbocycles. The molecule has 0 fully saturated rings. The average molecular weight is 207 g/mol. The molecule has 2 N–H and O–H groups in total. The number of anilines is 1. The van der Waals surface area contributed by atoms with Gasteiger partial charge >= 0.3 is 0 Å². The maximum Gasteiger partial charge on any atom is 0.128 e. The van der Waals surface area contributed by atoms with Crippen molar-refractivity contribution < 1.29 is 0 Å². The highest BCUT2D eigenvalue weighted by atomic mass is 15.2. The smallest absolute Gasteiger partial charge is 0.128 e. The molecule has 0 radical (unpaired) electrons. The standard InChI is InChI=1S/C12H21N3/c1-10(2)6-7-15(3)12-5-4-11(8-13)9-14-12/h4-5,9-10H,6-8,13H2,1-3H3. The molecule has 0 aliphatic rings. The Labute approximate surface area is 92.3 Å². The third-order valence-corrected chi connectivity index (χ3v) is 2.48. The van der Waals surface area contributed by atoms with Crippen LogP contribution in [0.5, 0.6) is 0 Å². The molecule has 0 amide bonds. The maximum atomic E-state index is 5.52. The number of rotatable bonds is 5. The Balaban J connectivity index is 2.54. The van der Waals surface area contributed by atoms with E-state index in [-0.39, 0.29) is 0 Å². The van der Waals surface area contributed by atoms with Crippen LogP contribution in [-0.4, -0.2) is 18.6 Å². The molecule has 0 atom stereocenters. The fourth-order valence-electron chi connectivity index (χ4n) is 1.33. The van der Waals surface area contributed by atoms with Crippen LogP contribution in [0.15, 0.2) is 18.3 Å². The molecule has 3 nitrogen and oxygen atoms in total. The van der Waals surface area contributed by atoms with Gasteiger partial charge in [0.25, 0.3) is 0 Å². The van der Waals surface area contributed by atoms with Gasteiger partial charge in [-0.05, 0) is 24.0 Å². The maximum absolute atomic E-state index is 5.52. The minimum atomic E-state index is 0.559. The van der Waals surface area contributed by atoms with Crippen LogP contribution in [-0.2, 0) is 6.54 Å². The van der Waals surface area contributed by atoms with Gasteiger partial charge < -0.3 is 10.6 Å². The van der Waals surface area contributed by atoms with Gasteiger partial charge in [-0.3, -0.25) is 0 Å².